The van der Waals surface area contributed by atoms with Gasteiger partial charge in [0.25, 0.3) is 0 Å². The largest absolute Gasteiger partial charge is 0.497 e. The quantitative estimate of drug-likeness (QED) is 0.0818. The molecular formula is C41H42F4N6O4S. The molecule has 0 saturated heterocycles. The molecule has 3 aromatic carbocycles. The molecule has 15 heteroatoms. The van der Waals surface area contributed by atoms with Crippen molar-refractivity contribution >= 4 is 46.1 Å². The highest BCUT2D eigenvalue weighted by Gasteiger charge is 2.42. The van der Waals surface area contributed by atoms with Crippen LogP contribution in [0.5, 0.6) is 11.5 Å². The highest BCUT2D eigenvalue weighted by Crippen LogP contribution is 2.50. The fraction of sp³-hybridized carbons (Fsp3) is 0.366. The van der Waals surface area contributed by atoms with Crippen LogP contribution in [0.2, 0.25) is 0 Å². The minimum Gasteiger partial charge on any atom is -0.497 e. The first-order chi connectivity index (χ1) is 26.6. The van der Waals surface area contributed by atoms with Crippen LogP contribution in [0.3, 0.4) is 0 Å². The number of hydrogen-bond donors (Lipinski definition) is 0. The highest BCUT2D eigenvalue weighted by molar-refractivity contribution is 7.98. The van der Waals surface area contributed by atoms with Gasteiger partial charge >= 0.3 is 12.3 Å². The number of ether oxygens (including phenoxy) is 3. The summed E-state index contributed by atoms with van der Waals surface area (Å²) in [6, 6.07) is 16.2. The van der Waals surface area contributed by atoms with Gasteiger partial charge in [0.15, 0.2) is 16.8 Å². The summed E-state index contributed by atoms with van der Waals surface area (Å²) in [5.74, 6) is 0.737. The molecule has 2 aromatic heterocycles. The normalized spacial score (nSPS) is 13.9. The van der Waals surface area contributed by atoms with Crippen LogP contribution in [0, 0.1) is 12.7 Å². The summed E-state index contributed by atoms with van der Waals surface area (Å²) in [6.07, 6.45) is -3.59. The van der Waals surface area contributed by atoms with Crippen LogP contribution < -0.4 is 24.2 Å². The first kappa shape index (κ1) is 38.9. The predicted molar refractivity (Wildman–Crippen MR) is 210 cm³/mol. The van der Waals surface area contributed by atoms with Crippen LogP contribution >= 0.6 is 11.8 Å². The molecule has 0 radical (unpaired) electrons. The molecule has 0 unspecified atom stereocenters. The number of alkyl halides is 3. The number of pyridine rings is 1. The fourth-order valence-corrected chi connectivity index (χ4v) is 7.69. The molecular weight excluding hydrogens is 749 g/mol. The van der Waals surface area contributed by atoms with E-state index in [1.165, 1.54) is 17.9 Å². The lowest BCUT2D eigenvalue weighted by Crippen LogP contribution is -2.40. The van der Waals surface area contributed by atoms with Gasteiger partial charge in [-0.2, -0.15) is 13.2 Å². The van der Waals surface area contributed by atoms with Crippen molar-refractivity contribution < 1.29 is 36.6 Å². The number of hydrogen-bond acceptors (Lipinski definition) is 10. The lowest BCUT2D eigenvalue weighted by atomic mass is 9.93. The third-order valence-electron chi connectivity index (χ3n) is 9.83. The van der Waals surface area contributed by atoms with E-state index in [4.69, 9.17) is 19.2 Å². The van der Waals surface area contributed by atoms with E-state index >= 15 is 17.6 Å². The molecule has 2 aliphatic rings. The van der Waals surface area contributed by atoms with Gasteiger partial charge in [-0.05, 0) is 93.0 Å². The summed E-state index contributed by atoms with van der Waals surface area (Å²) in [5.41, 5.74) is -0.368. The van der Waals surface area contributed by atoms with Gasteiger partial charge in [-0.25, -0.2) is 24.1 Å². The van der Waals surface area contributed by atoms with E-state index in [-0.39, 0.29) is 64.9 Å². The number of nitrogens with zero attached hydrogens (tertiary/aromatic N) is 6. The SMILES string of the molecule is COc1ccc(CN(Cc2ccc(OC)cc2)c2cc(C)c(C(F)(F)F)c(-c3c4c5c6c(nc(SC)nc6c3F)N(C(=O)OC(C)(C)C)CCN5CC4)n2)cc1. The second-order valence-corrected chi connectivity index (χ2v) is 15.5. The van der Waals surface area contributed by atoms with Crippen molar-refractivity contribution in [3.63, 3.8) is 0 Å². The average Bonchev–Trinajstić information content (AvgIpc) is 3.48. The maximum atomic E-state index is 17.6. The Morgan fingerprint density at radius 2 is 1.50 bits per heavy atom. The maximum absolute atomic E-state index is 17.6. The maximum Gasteiger partial charge on any atom is 0.418 e. The van der Waals surface area contributed by atoms with E-state index in [0.717, 1.165) is 22.9 Å². The Hall–Kier alpha value is -5.31. The van der Waals surface area contributed by atoms with Crippen molar-refractivity contribution in [2.45, 2.75) is 64.1 Å². The summed E-state index contributed by atoms with van der Waals surface area (Å²) in [5, 5.41) is 0.401. The minimum atomic E-state index is -4.88. The van der Waals surface area contributed by atoms with Gasteiger partial charge in [0.05, 0.1) is 36.6 Å². The average molecular weight is 791 g/mol. The molecule has 0 aliphatic carbocycles. The van der Waals surface area contributed by atoms with Gasteiger partial charge in [0, 0.05) is 38.3 Å². The smallest absolute Gasteiger partial charge is 0.418 e. The van der Waals surface area contributed by atoms with Crippen LogP contribution in [0.25, 0.3) is 22.2 Å². The van der Waals surface area contributed by atoms with E-state index in [0.29, 0.717) is 35.8 Å². The van der Waals surface area contributed by atoms with Gasteiger partial charge in [-0.3, -0.25) is 4.90 Å². The number of halogens is 4. The van der Waals surface area contributed by atoms with Crippen molar-refractivity contribution in [2.24, 2.45) is 0 Å². The zero-order valence-corrected chi connectivity index (χ0v) is 33.0. The number of aryl methyl sites for hydroxylation is 1. The highest BCUT2D eigenvalue weighted by atomic mass is 32.2. The Labute approximate surface area is 326 Å². The van der Waals surface area contributed by atoms with Crippen LogP contribution in [-0.4, -0.2) is 66.8 Å². The zero-order valence-electron chi connectivity index (χ0n) is 32.2. The minimum absolute atomic E-state index is 0.108. The lowest BCUT2D eigenvalue weighted by Gasteiger charge is -2.28. The number of rotatable bonds is 9. The molecule has 0 atom stereocenters. The van der Waals surface area contributed by atoms with E-state index in [1.54, 1.807) is 41.2 Å². The summed E-state index contributed by atoms with van der Waals surface area (Å²) < 4.78 is 79.8. The number of benzene rings is 3. The van der Waals surface area contributed by atoms with E-state index < -0.39 is 34.9 Å². The molecule has 0 saturated carbocycles. The molecule has 0 fully saturated rings. The summed E-state index contributed by atoms with van der Waals surface area (Å²) in [4.78, 5) is 32.7. The number of carbonyl (C=O) groups excluding carboxylic acids is 1. The molecule has 10 nitrogen and oxygen atoms in total. The molecule has 1 amide bonds. The van der Waals surface area contributed by atoms with E-state index in [9.17, 15) is 4.79 Å². The number of carbonyl (C=O) groups is 1. The molecule has 56 heavy (non-hydrogen) atoms. The van der Waals surface area contributed by atoms with E-state index in [1.807, 2.05) is 58.3 Å². The van der Waals surface area contributed by atoms with Gasteiger partial charge in [0.2, 0.25) is 0 Å². The Morgan fingerprint density at radius 3 is 2.04 bits per heavy atom. The summed E-state index contributed by atoms with van der Waals surface area (Å²) in [6.45, 7) is 8.01. The standard InChI is InChI=1S/C41H42F4N6O4S/c1-23-20-29(50(21-24-8-12-26(53-5)13-9-24)22-25-10-14-27(54-6)15-11-25)46-34(32(23)41(43,44)45)30-28-16-17-49-18-19-51(39(52)55-40(2,3)4)37-31(36(28)49)35(33(30)42)47-38(48-37)56-7/h8-15,20H,16-19,21-22H2,1-7H3. The third kappa shape index (κ3) is 7.48. The Kier molecular flexibility index (Phi) is 10.4. The molecule has 2 aliphatic heterocycles. The van der Waals surface area contributed by atoms with Crippen LogP contribution in [0.4, 0.5) is 39.7 Å². The van der Waals surface area contributed by atoms with Crippen molar-refractivity contribution in [2.75, 3.05) is 54.8 Å². The fourth-order valence-electron chi connectivity index (χ4n) is 7.33. The van der Waals surface area contributed by atoms with Crippen molar-refractivity contribution in [1.82, 2.24) is 15.0 Å². The van der Waals surface area contributed by atoms with Gasteiger partial charge in [-0.15, -0.1) is 0 Å². The second kappa shape index (κ2) is 15.0. The molecule has 7 rings (SSSR count). The van der Waals surface area contributed by atoms with Crippen molar-refractivity contribution in [1.29, 1.82) is 0 Å². The second-order valence-electron chi connectivity index (χ2n) is 14.7. The lowest BCUT2D eigenvalue weighted by molar-refractivity contribution is -0.137. The van der Waals surface area contributed by atoms with Crippen molar-refractivity contribution in [3.05, 3.63) is 88.2 Å². The number of anilines is 3. The molecule has 294 valence electrons. The van der Waals surface area contributed by atoms with E-state index in [2.05, 4.69) is 9.97 Å². The molecule has 0 spiro atoms. The molecule has 5 aromatic rings. The van der Waals surface area contributed by atoms with Crippen LogP contribution in [0.15, 0.2) is 59.8 Å². The first-order valence-corrected chi connectivity index (χ1v) is 19.3. The summed E-state index contributed by atoms with van der Waals surface area (Å²) in [7, 11) is 3.14. The number of methoxy groups -OCH3 is 2. The third-order valence-corrected chi connectivity index (χ3v) is 10.4. The number of aromatic nitrogens is 3. The Morgan fingerprint density at radius 1 is 0.893 bits per heavy atom. The van der Waals surface area contributed by atoms with Gasteiger partial charge in [-0.1, -0.05) is 36.0 Å². The monoisotopic (exact) mass is 790 g/mol. The molecule has 4 heterocycles. The first-order valence-electron chi connectivity index (χ1n) is 18.1. The predicted octanol–water partition coefficient (Wildman–Crippen LogP) is 9.22. The Bertz CT molecular complexity index is 2250. The number of thioether (sulfide) groups is 1. The van der Waals surface area contributed by atoms with Gasteiger partial charge in [0.1, 0.15) is 28.4 Å². The van der Waals surface area contributed by atoms with Crippen molar-refractivity contribution in [3.8, 4) is 22.8 Å². The van der Waals surface area contributed by atoms with Gasteiger partial charge < -0.3 is 24.0 Å². The number of amides is 1. The van der Waals surface area contributed by atoms with Crippen LogP contribution in [-0.2, 0) is 30.4 Å². The molecule has 0 N–H and O–H groups in total. The summed E-state index contributed by atoms with van der Waals surface area (Å²) >= 11 is 1.13. The molecule has 0 bridgehead atoms. The zero-order chi connectivity index (χ0) is 40.1. The topological polar surface area (TPSA) is 93.2 Å². The van der Waals surface area contributed by atoms with Crippen LogP contribution in [0.1, 0.15) is 48.6 Å². The Balaban J connectivity index is 1.46.